The van der Waals surface area contributed by atoms with Gasteiger partial charge in [0.25, 0.3) is 0 Å². The molecule has 1 aromatic heterocycles. The van der Waals surface area contributed by atoms with E-state index in [-0.39, 0.29) is 17.6 Å². The molecule has 1 amide bonds. The molecule has 1 saturated carbocycles. The van der Waals surface area contributed by atoms with E-state index < -0.39 is 0 Å². The molecular formula is C21H29FN3O2S+. The number of halogens is 1. The quantitative estimate of drug-likeness (QED) is 0.802. The number of carbonyl (C=O) groups is 1. The number of para-hydroxylation sites is 1. The van der Waals surface area contributed by atoms with Crippen molar-refractivity contribution < 1.29 is 18.8 Å². The van der Waals surface area contributed by atoms with Gasteiger partial charge in [-0.1, -0.05) is 36.7 Å². The number of carbonyl (C=O) groups excluding carboxylic acids is 1. The molecule has 2 heterocycles. The monoisotopic (exact) mass is 406 g/mol. The lowest BCUT2D eigenvalue weighted by molar-refractivity contribution is -0.908. The standard InChI is InChI=1S/C21H28FN3O2S/c22-17-8-4-9-18-19(17)23-21(28-18)25(20(26)16-6-2-1-3-7-16)11-5-10-24-12-14-27-15-13-24/h4,8-9,16H,1-3,5-7,10-15H2/p+1. The number of fused-ring (bicyclic) bond motifs is 1. The van der Waals surface area contributed by atoms with Crippen molar-refractivity contribution in [1.82, 2.24) is 4.98 Å². The van der Waals surface area contributed by atoms with E-state index in [1.54, 1.807) is 6.07 Å². The summed E-state index contributed by atoms with van der Waals surface area (Å²) < 4.78 is 20.4. The Morgan fingerprint density at radius 1 is 1.25 bits per heavy atom. The highest BCUT2D eigenvalue weighted by atomic mass is 32.1. The van der Waals surface area contributed by atoms with Gasteiger partial charge < -0.3 is 9.64 Å². The van der Waals surface area contributed by atoms with Gasteiger partial charge in [0.15, 0.2) is 5.13 Å². The van der Waals surface area contributed by atoms with Crippen molar-refractivity contribution in [3.63, 3.8) is 0 Å². The lowest BCUT2D eigenvalue weighted by Gasteiger charge is -2.29. The van der Waals surface area contributed by atoms with E-state index in [0.29, 0.717) is 17.2 Å². The number of quaternary nitrogens is 1. The van der Waals surface area contributed by atoms with Gasteiger partial charge in [0.05, 0.1) is 24.5 Å². The summed E-state index contributed by atoms with van der Waals surface area (Å²) in [6.07, 6.45) is 6.31. The first-order chi connectivity index (χ1) is 13.7. The molecule has 0 spiro atoms. The van der Waals surface area contributed by atoms with Crippen LogP contribution in [0.25, 0.3) is 10.2 Å². The van der Waals surface area contributed by atoms with E-state index in [9.17, 15) is 9.18 Å². The molecule has 152 valence electrons. The summed E-state index contributed by atoms with van der Waals surface area (Å²) in [5, 5.41) is 0.646. The van der Waals surface area contributed by atoms with Crippen molar-refractivity contribution in [2.24, 2.45) is 5.92 Å². The molecule has 4 rings (SSSR count). The average Bonchev–Trinajstić information content (AvgIpc) is 3.17. The van der Waals surface area contributed by atoms with E-state index in [1.807, 2.05) is 11.0 Å². The molecule has 0 bridgehead atoms. The number of ether oxygens (including phenoxy) is 1. The maximum absolute atomic E-state index is 14.1. The third kappa shape index (κ3) is 4.53. The number of aromatic nitrogens is 1. The predicted molar refractivity (Wildman–Crippen MR) is 110 cm³/mol. The van der Waals surface area contributed by atoms with Gasteiger partial charge in [-0.15, -0.1) is 0 Å². The molecule has 1 aliphatic carbocycles. The van der Waals surface area contributed by atoms with Crippen LogP contribution in [-0.2, 0) is 9.53 Å². The smallest absolute Gasteiger partial charge is 0.231 e. The molecule has 1 aromatic carbocycles. The Morgan fingerprint density at radius 2 is 2.04 bits per heavy atom. The van der Waals surface area contributed by atoms with Crippen LogP contribution in [0.4, 0.5) is 9.52 Å². The number of nitrogens with zero attached hydrogens (tertiary/aromatic N) is 2. The fourth-order valence-electron chi connectivity index (χ4n) is 4.29. The number of thiazole rings is 1. The number of morpholine rings is 1. The van der Waals surface area contributed by atoms with E-state index in [4.69, 9.17) is 4.74 Å². The van der Waals surface area contributed by atoms with Crippen molar-refractivity contribution in [2.45, 2.75) is 38.5 Å². The number of benzene rings is 1. The second kappa shape index (κ2) is 9.29. The first-order valence-electron chi connectivity index (χ1n) is 10.5. The van der Waals surface area contributed by atoms with Gasteiger partial charge in [-0.05, 0) is 25.0 Å². The molecule has 2 aromatic rings. The molecule has 0 atom stereocenters. The number of nitrogens with one attached hydrogen (secondary N) is 1. The van der Waals surface area contributed by atoms with Crippen LogP contribution in [0, 0.1) is 11.7 Å². The minimum Gasteiger partial charge on any atom is -0.370 e. The van der Waals surface area contributed by atoms with Gasteiger partial charge in [-0.3, -0.25) is 9.69 Å². The molecule has 7 heteroatoms. The molecular weight excluding hydrogens is 377 g/mol. The van der Waals surface area contributed by atoms with Crippen LogP contribution in [0.15, 0.2) is 18.2 Å². The van der Waals surface area contributed by atoms with Crippen molar-refractivity contribution in [1.29, 1.82) is 0 Å². The molecule has 0 unspecified atom stereocenters. The molecule has 1 saturated heterocycles. The predicted octanol–water partition coefficient (Wildman–Crippen LogP) is 2.65. The van der Waals surface area contributed by atoms with E-state index in [1.165, 1.54) is 28.7 Å². The highest BCUT2D eigenvalue weighted by Gasteiger charge is 2.29. The summed E-state index contributed by atoms with van der Waals surface area (Å²) in [5.41, 5.74) is 0.378. The molecule has 5 nitrogen and oxygen atoms in total. The number of hydrogen-bond acceptors (Lipinski definition) is 4. The first kappa shape index (κ1) is 19.7. The van der Waals surface area contributed by atoms with Crippen LogP contribution < -0.4 is 9.80 Å². The van der Waals surface area contributed by atoms with Crippen LogP contribution in [0.3, 0.4) is 0 Å². The zero-order chi connectivity index (χ0) is 19.3. The van der Waals surface area contributed by atoms with Gasteiger partial charge in [0.2, 0.25) is 5.91 Å². The van der Waals surface area contributed by atoms with Gasteiger partial charge in [0.1, 0.15) is 24.4 Å². The highest BCUT2D eigenvalue weighted by molar-refractivity contribution is 7.22. The Hall–Kier alpha value is -1.57. The minimum atomic E-state index is -0.317. The van der Waals surface area contributed by atoms with Crippen molar-refractivity contribution in [2.75, 3.05) is 44.3 Å². The SMILES string of the molecule is O=C(C1CCCCC1)N(CCC[NH+]1CCOCC1)c1nc2c(F)cccc2s1. The molecule has 2 fully saturated rings. The fourth-order valence-corrected chi connectivity index (χ4v) is 5.30. The molecule has 28 heavy (non-hydrogen) atoms. The normalized spacial score (nSPS) is 19.2. The van der Waals surface area contributed by atoms with E-state index >= 15 is 0 Å². The lowest BCUT2D eigenvalue weighted by atomic mass is 9.88. The second-order valence-electron chi connectivity index (χ2n) is 7.87. The summed E-state index contributed by atoms with van der Waals surface area (Å²) >= 11 is 1.43. The number of amides is 1. The third-order valence-electron chi connectivity index (χ3n) is 5.92. The van der Waals surface area contributed by atoms with Crippen LogP contribution in [0.5, 0.6) is 0 Å². The van der Waals surface area contributed by atoms with Crippen molar-refractivity contribution in [3.8, 4) is 0 Å². The van der Waals surface area contributed by atoms with Crippen LogP contribution in [0.1, 0.15) is 38.5 Å². The summed E-state index contributed by atoms with van der Waals surface area (Å²) in [6.45, 7) is 5.37. The van der Waals surface area contributed by atoms with Crippen LogP contribution in [0.2, 0.25) is 0 Å². The molecule has 0 radical (unpaired) electrons. The summed E-state index contributed by atoms with van der Waals surface area (Å²) in [4.78, 5) is 21.2. The Labute approximate surface area is 169 Å². The minimum absolute atomic E-state index is 0.0846. The van der Waals surface area contributed by atoms with Gasteiger partial charge >= 0.3 is 0 Å². The molecule has 2 aliphatic rings. The van der Waals surface area contributed by atoms with Gasteiger partial charge in [-0.25, -0.2) is 9.37 Å². The van der Waals surface area contributed by atoms with Crippen molar-refractivity contribution in [3.05, 3.63) is 24.0 Å². The Kier molecular flexibility index (Phi) is 6.54. The topological polar surface area (TPSA) is 46.9 Å². The molecule has 1 N–H and O–H groups in total. The maximum Gasteiger partial charge on any atom is 0.231 e. The third-order valence-corrected chi connectivity index (χ3v) is 6.97. The number of anilines is 1. The Bertz CT molecular complexity index is 800. The highest BCUT2D eigenvalue weighted by Crippen LogP contribution is 2.33. The summed E-state index contributed by atoms with van der Waals surface area (Å²) in [6, 6.07) is 5.01. The zero-order valence-corrected chi connectivity index (χ0v) is 17.1. The first-order valence-corrected chi connectivity index (χ1v) is 11.3. The average molecular weight is 407 g/mol. The summed E-state index contributed by atoms with van der Waals surface area (Å²) in [7, 11) is 0. The summed E-state index contributed by atoms with van der Waals surface area (Å²) in [5.74, 6) is -0.0553. The van der Waals surface area contributed by atoms with Crippen LogP contribution in [-0.4, -0.2) is 50.3 Å². The number of rotatable bonds is 6. The largest absolute Gasteiger partial charge is 0.370 e. The number of hydrogen-bond donors (Lipinski definition) is 1. The lowest BCUT2D eigenvalue weighted by Crippen LogP contribution is -3.14. The van der Waals surface area contributed by atoms with Crippen molar-refractivity contribution >= 4 is 32.6 Å². The second-order valence-corrected chi connectivity index (χ2v) is 8.88. The van der Waals surface area contributed by atoms with Gasteiger partial charge in [0, 0.05) is 18.9 Å². The van der Waals surface area contributed by atoms with E-state index in [2.05, 4.69) is 4.98 Å². The Morgan fingerprint density at radius 3 is 2.79 bits per heavy atom. The molecule has 1 aliphatic heterocycles. The Balaban J connectivity index is 1.51. The zero-order valence-electron chi connectivity index (χ0n) is 16.3. The maximum atomic E-state index is 14.1. The fraction of sp³-hybridized carbons (Fsp3) is 0.619. The van der Waals surface area contributed by atoms with Gasteiger partial charge in [-0.2, -0.15) is 0 Å². The van der Waals surface area contributed by atoms with E-state index in [0.717, 1.165) is 69.7 Å². The van der Waals surface area contributed by atoms with Crippen LogP contribution >= 0.6 is 11.3 Å².